The Morgan fingerprint density at radius 1 is 1.24 bits per heavy atom. The number of hydrogen-bond acceptors (Lipinski definition) is 3. The fraction of sp³-hybridized carbons (Fsp3) is 0.588. The van der Waals surface area contributed by atoms with Crippen LogP contribution >= 0.6 is 0 Å². The lowest BCUT2D eigenvalue weighted by Crippen LogP contribution is -2.49. The highest BCUT2D eigenvalue weighted by Gasteiger charge is 2.36. The lowest BCUT2D eigenvalue weighted by molar-refractivity contribution is 0.0390. The number of anilines is 1. The summed E-state index contributed by atoms with van der Waals surface area (Å²) in [6.07, 6.45) is 7.40. The molecule has 0 aromatic heterocycles. The third kappa shape index (κ3) is 2.71. The molecule has 114 valence electrons. The summed E-state index contributed by atoms with van der Waals surface area (Å²) in [4.78, 5) is 15.0. The Morgan fingerprint density at radius 2 is 2.00 bits per heavy atom. The lowest BCUT2D eigenvalue weighted by atomic mass is 9.78. The highest BCUT2D eigenvalue weighted by Crippen LogP contribution is 2.36. The molecule has 1 aliphatic heterocycles. The van der Waals surface area contributed by atoms with Gasteiger partial charge in [-0.1, -0.05) is 12.8 Å². The number of nitrogens with zero attached hydrogens (tertiary/aromatic N) is 1. The van der Waals surface area contributed by atoms with Gasteiger partial charge in [-0.25, -0.2) is 0 Å². The van der Waals surface area contributed by atoms with Crippen molar-refractivity contribution in [2.24, 2.45) is 5.92 Å². The standard InChI is InChI=1S/C17H24N2O2/c1-21-16-11-13(8-9-14(16)18)17(20)19-10-4-6-12-5-2-3-7-15(12)19/h8-9,11-12,15H,2-7,10,18H2,1H3/t12-,15-/m1/s1. The molecule has 3 rings (SSSR count). The van der Waals surface area contributed by atoms with Crippen molar-refractivity contribution in [2.75, 3.05) is 19.4 Å². The molecular formula is C17H24N2O2. The Morgan fingerprint density at radius 3 is 2.81 bits per heavy atom. The van der Waals surface area contributed by atoms with Gasteiger partial charge in [0.1, 0.15) is 5.75 Å². The number of nitrogens with two attached hydrogens (primary N) is 1. The lowest BCUT2D eigenvalue weighted by Gasteiger charge is -2.44. The summed E-state index contributed by atoms with van der Waals surface area (Å²) < 4.78 is 5.23. The van der Waals surface area contributed by atoms with Gasteiger partial charge < -0.3 is 15.4 Å². The van der Waals surface area contributed by atoms with Crippen LogP contribution in [0.15, 0.2) is 18.2 Å². The van der Waals surface area contributed by atoms with Crippen molar-refractivity contribution in [1.82, 2.24) is 4.90 Å². The predicted molar refractivity (Wildman–Crippen MR) is 83.4 cm³/mol. The minimum atomic E-state index is 0.130. The molecule has 1 amide bonds. The number of rotatable bonds is 2. The number of benzene rings is 1. The van der Waals surface area contributed by atoms with E-state index < -0.39 is 0 Å². The first-order valence-corrected chi connectivity index (χ1v) is 7.95. The molecular weight excluding hydrogens is 264 g/mol. The van der Waals surface area contributed by atoms with E-state index in [0.29, 0.717) is 29.0 Å². The van der Waals surface area contributed by atoms with Crippen molar-refractivity contribution in [3.05, 3.63) is 23.8 Å². The number of methoxy groups -OCH3 is 1. The molecule has 2 aliphatic rings. The van der Waals surface area contributed by atoms with Gasteiger partial charge in [-0.15, -0.1) is 0 Å². The van der Waals surface area contributed by atoms with Crippen LogP contribution in [0.3, 0.4) is 0 Å². The number of piperidine rings is 1. The van der Waals surface area contributed by atoms with Crippen LogP contribution in [0.5, 0.6) is 5.75 Å². The molecule has 2 fully saturated rings. The number of likely N-dealkylation sites (tertiary alicyclic amines) is 1. The maximum Gasteiger partial charge on any atom is 0.254 e. The van der Waals surface area contributed by atoms with Crippen LogP contribution in [0.4, 0.5) is 5.69 Å². The molecule has 0 spiro atoms. The monoisotopic (exact) mass is 288 g/mol. The third-order valence-electron chi connectivity index (χ3n) is 4.98. The van der Waals surface area contributed by atoms with E-state index in [1.54, 1.807) is 19.2 Å². The molecule has 0 unspecified atom stereocenters. The number of amides is 1. The van der Waals surface area contributed by atoms with Gasteiger partial charge in [0.2, 0.25) is 0 Å². The molecule has 4 heteroatoms. The molecule has 0 bridgehead atoms. The van der Waals surface area contributed by atoms with E-state index in [-0.39, 0.29) is 5.91 Å². The van der Waals surface area contributed by atoms with Gasteiger partial charge >= 0.3 is 0 Å². The summed E-state index contributed by atoms with van der Waals surface area (Å²) in [6, 6.07) is 5.77. The Kier molecular flexibility index (Phi) is 4.04. The second-order valence-electron chi connectivity index (χ2n) is 6.21. The zero-order valence-corrected chi connectivity index (χ0v) is 12.7. The zero-order chi connectivity index (χ0) is 14.8. The second kappa shape index (κ2) is 5.96. The first-order valence-electron chi connectivity index (χ1n) is 7.95. The van der Waals surface area contributed by atoms with Crippen LogP contribution in [-0.2, 0) is 0 Å². The van der Waals surface area contributed by atoms with Gasteiger partial charge in [0.25, 0.3) is 5.91 Å². The molecule has 1 saturated heterocycles. The molecule has 2 N–H and O–H groups in total. The SMILES string of the molecule is COc1cc(C(=O)N2CCC[C@H]3CCCC[C@H]32)ccc1N. The highest BCUT2D eigenvalue weighted by molar-refractivity contribution is 5.95. The topological polar surface area (TPSA) is 55.6 Å². The van der Waals surface area contributed by atoms with Gasteiger partial charge in [-0.05, 0) is 49.8 Å². The molecule has 1 heterocycles. The van der Waals surface area contributed by atoms with E-state index >= 15 is 0 Å². The largest absolute Gasteiger partial charge is 0.495 e. The molecule has 1 aromatic rings. The first-order chi connectivity index (χ1) is 10.2. The Bertz CT molecular complexity index is 528. The minimum absolute atomic E-state index is 0.130. The molecule has 21 heavy (non-hydrogen) atoms. The first kappa shape index (κ1) is 14.2. The average Bonchev–Trinajstić information content (AvgIpc) is 2.54. The van der Waals surface area contributed by atoms with E-state index in [1.165, 1.54) is 25.7 Å². The molecule has 2 atom stereocenters. The van der Waals surface area contributed by atoms with E-state index in [9.17, 15) is 4.79 Å². The maximum absolute atomic E-state index is 12.9. The van der Waals surface area contributed by atoms with Crippen molar-refractivity contribution in [3.63, 3.8) is 0 Å². The van der Waals surface area contributed by atoms with Crippen molar-refractivity contribution >= 4 is 11.6 Å². The molecule has 0 radical (unpaired) electrons. The quantitative estimate of drug-likeness (QED) is 0.851. The van der Waals surface area contributed by atoms with Crippen LogP contribution in [0, 0.1) is 5.92 Å². The summed E-state index contributed by atoms with van der Waals surface area (Å²) in [5.41, 5.74) is 7.09. The van der Waals surface area contributed by atoms with Crippen molar-refractivity contribution in [1.29, 1.82) is 0 Å². The van der Waals surface area contributed by atoms with Gasteiger partial charge in [0.05, 0.1) is 12.8 Å². The predicted octanol–water partition coefficient (Wildman–Crippen LogP) is 3.07. The Hall–Kier alpha value is -1.71. The summed E-state index contributed by atoms with van der Waals surface area (Å²) in [7, 11) is 1.58. The number of hydrogen-bond donors (Lipinski definition) is 1. The fourth-order valence-corrected chi connectivity index (χ4v) is 3.89. The number of fused-ring (bicyclic) bond motifs is 1. The van der Waals surface area contributed by atoms with E-state index in [4.69, 9.17) is 10.5 Å². The van der Waals surface area contributed by atoms with Crippen LogP contribution in [0.2, 0.25) is 0 Å². The number of nitrogen functional groups attached to an aromatic ring is 1. The van der Waals surface area contributed by atoms with E-state index in [2.05, 4.69) is 4.90 Å². The summed E-state index contributed by atoms with van der Waals surface area (Å²) in [5.74, 6) is 1.41. The molecule has 1 aliphatic carbocycles. The van der Waals surface area contributed by atoms with Crippen LogP contribution in [0.25, 0.3) is 0 Å². The zero-order valence-electron chi connectivity index (χ0n) is 12.7. The smallest absolute Gasteiger partial charge is 0.254 e. The summed E-state index contributed by atoms with van der Waals surface area (Å²) in [6.45, 7) is 0.882. The van der Waals surface area contributed by atoms with Gasteiger partial charge in [-0.3, -0.25) is 4.79 Å². The molecule has 1 aromatic carbocycles. The molecule has 4 nitrogen and oxygen atoms in total. The second-order valence-corrected chi connectivity index (χ2v) is 6.21. The summed E-state index contributed by atoms with van der Waals surface area (Å²) >= 11 is 0. The van der Waals surface area contributed by atoms with Crippen LogP contribution in [0.1, 0.15) is 48.9 Å². The Labute approximate surface area is 126 Å². The van der Waals surface area contributed by atoms with Crippen molar-refractivity contribution in [3.8, 4) is 5.75 Å². The van der Waals surface area contributed by atoms with E-state index in [1.807, 2.05) is 6.07 Å². The van der Waals surface area contributed by atoms with Crippen LogP contribution < -0.4 is 10.5 Å². The normalized spacial score (nSPS) is 25.3. The Balaban J connectivity index is 1.83. The van der Waals surface area contributed by atoms with E-state index in [0.717, 1.165) is 19.4 Å². The third-order valence-corrected chi connectivity index (χ3v) is 4.98. The number of ether oxygens (including phenoxy) is 1. The van der Waals surface area contributed by atoms with Crippen molar-refractivity contribution in [2.45, 2.75) is 44.6 Å². The highest BCUT2D eigenvalue weighted by atomic mass is 16.5. The molecule has 1 saturated carbocycles. The average molecular weight is 288 g/mol. The maximum atomic E-state index is 12.9. The van der Waals surface area contributed by atoms with Gasteiger partial charge in [-0.2, -0.15) is 0 Å². The number of carbonyl (C=O) groups excluding carboxylic acids is 1. The van der Waals surface area contributed by atoms with Crippen LogP contribution in [-0.4, -0.2) is 30.5 Å². The summed E-state index contributed by atoms with van der Waals surface area (Å²) in [5, 5.41) is 0. The van der Waals surface area contributed by atoms with Gasteiger partial charge in [0.15, 0.2) is 0 Å². The number of carbonyl (C=O) groups is 1. The van der Waals surface area contributed by atoms with Crippen molar-refractivity contribution < 1.29 is 9.53 Å². The minimum Gasteiger partial charge on any atom is -0.495 e. The van der Waals surface area contributed by atoms with Gasteiger partial charge in [0, 0.05) is 18.2 Å². The fourth-order valence-electron chi connectivity index (χ4n) is 3.89.